The number of aromatic nitrogens is 2. The van der Waals surface area contributed by atoms with Gasteiger partial charge in [-0.15, -0.1) is 0 Å². The lowest BCUT2D eigenvalue weighted by Gasteiger charge is -2.14. The van der Waals surface area contributed by atoms with Gasteiger partial charge in [0.2, 0.25) is 5.91 Å². The van der Waals surface area contributed by atoms with Crippen molar-refractivity contribution < 1.29 is 4.79 Å². The van der Waals surface area contributed by atoms with Gasteiger partial charge in [-0.3, -0.25) is 9.48 Å². The van der Waals surface area contributed by atoms with Crippen LogP contribution in [-0.2, 0) is 11.3 Å². The molecule has 0 aliphatic rings. The fraction of sp³-hybridized carbons (Fsp3) is 0.231. The van der Waals surface area contributed by atoms with E-state index >= 15 is 0 Å². The molecule has 1 N–H and O–H groups in total. The van der Waals surface area contributed by atoms with Crippen LogP contribution in [0.3, 0.4) is 0 Å². The monoisotopic (exact) mass is 229 g/mol. The van der Waals surface area contributed by atoms with Crippen LogP contribution in [0.5, 0.6) is 0 Å². The topological polar surface area (TPSA) is 46.9 Å². The van der Waals surface area contributed by atoms with E-state index in [1.54, 1.807) is 23.1 Å². The Morgan fingerprint density at radius 2 is 2.12 bits per heavy atom. The summed E-state index contributed by atoms with van der Waals surface area (Å²) >= 11 is 0. The third-order valence-corrected chi connectivity index (χ3v) is 2.54. The predicted molar refractivity (Wildman–Crippen MR) is 65.2 cm³/mol. The quantitative estimate of drug-likeness (QED) is 0.868. The van der Waals surface area contributed by atoms with E-state index in [-0.39, 0.29) is 18.5 Å². The second-order valence-electron chi connectivity index (χ2n) is 3.90. The molecular formula is C13H15N3O. The average Bonchev–Trinajstić information content (AvgIpc) is 2.82. The van der Waals surface area contributed by atoms with Gasteiger partial charge < -0.3 is 5.32 Å². The van der Waals surface area contributed by atoms with E-state index in [1.807, 2.05) is 37.3 Å². The number of amides is 1. The molecular weight excluding hydrogens is 214 g/mol. The minimum absolute atomic E-state index is 0.0132. The highest BCUT2D eigenvalue weighted by Crippen LogP contribution is 2.10. The van der Waals surface area contributed by atoms with Crippen molar-refractivity contribution in [2.75, 3.05) is 0 Å². The molecule has 0 saturated carbocycles. The van der Waals surface area contributed by atoms with Gasteiger partial charge in [-0.2, -0.15) is 5.10 Å². The van der Waals surface area contributed by atoms with Crippen LogP contribution in [0.15, 0.2) is 48.8 Å². The zero-order valence-electron chi connectivity index (χ0n) is 9.71. The molecule has 0 saturated heterocycles. The maximum Gasteiger partial charge on any atom is 0.242 e. The molecule has 0 bridgehead atoms. The minimum atomic E-state index is -0.0370. The summed E-state index contributed by atoms with van der Waals surface area (Å²) in [4.78, 5) is 11.7. The first-order valence-electron chi connectivity index (χ1n) is 5.57. The molecule has 1 atom stereocenters. The van der Waals surface area contributed by atoms with E-state index in [4.69, 9.17) is 0 Å². The smallest absolute Gasteiger partial charge is 0.242 e. The first kappa shape index (κ1) is 11.4. The second kappa shape index (κ2) is 5.30. The molecule has 1 amide bonds. The third-order valence-electron chi connectivity index (χ3n) is 2.54. The van der Waals surface area contributed by atoms with E-state index in [0.29, 0.717) is 0 Å². The summed E-state index contributed by atoms with van der Waals surface area (Å²) in [5, 5.41) is 6.93. The molecule has 17 heavy (non-hydrogen) atoms. The number of carbonyl (C=O) groups is 1. The second-order valence-corrected chi connectivity index (χ2v) is 3.90. The van der Waals surface area contributed by atoms with Gasteiger partial charge >= 0.3 is 0 Å². The Labute approximate surface area is 100 Å². The van der Waals surface area contributed by atoms with E-state index in [2.05, 4.69) is 10.4 Å². The molecule has 2 rings (SSSR count). The van der Waals surface area contributed by atoms with Gasteiger partial charge in [0, 0.05) is 12.4 Å². The van der Waals surface area contributed by atoms with Crippen molar-refractivity contribution in [1.29, 1.82) is 0 Å². The molecule has 4 nitrogen and oxygen atoms in total. The van der Waals surface area contributed by atoms with Crippen molar-refractivity contribution in [3.05, 3.63) is 54.4 Å². The molecule has 0 aliphatic carbocycles. The van der Waals surface area contributed by atoms with Gasteiger partial charge in [-0.25, -0.2) is 0 Å². The lowest BCUT2D eigenvalue weighted by molar-refractivity contribution is -0.122. The molecule has 1 heterocycles. The standard InChI is InChI=1S/C13H15N3O/c1-11(12-6-3-2-4-7-12)15-13(17)10-16-9-5-8-14-16/h2-9,11H,10H2,1H3,(H,15,17). The Hall–Kier alpha value is -2.10. The maximum absolute atomic E-state index is 11.7. The highest BCUT2D eigenvalue weighted by molar-refractivity contribution is 5.76. The van der Waals surface area contributed by atoms with Crippen LogP contribution in [0.2, 0.25) is 0 Å². The summed E-state index contributed by atoms with van der Waals surface area (Å²) in [6.07, 6.45) is 3.43. The largest absolute Gasteiger partial charge is 0.348 e. The normalized spacial score (nSPS) is 12.1. The van der Waals surface area contributed by atoms with Crippen LogP contribution >= 0.6 is 0 Å². The molecule has 1 unspecified atom stereocenters. The van der Waals surface area contributed by atoms with E-state index < -0.39 is 0 Å². The summed E-state index contributed by atoms with van der Waals surface area (Å²) in [5.74, 6) is -0.0370. The number of hydrogen-bond acceptors (Lipinski definition) is 2. The van der Waals surface area contributed by atoms with Crippen molar-refractivity contribution in [1.82, 2.24) is 15.1 Å². The number of hydrogen-bond donors (Lipinski definition) is 1. The number of benzene rings is 1. The van der Waals surface area contributed by atoms with Gasteiger partial charge in [0.1, 0.15) is 6.54 Å². The molecule has 0 spiro atoms. The van der Waals surface area contributed by atoms with Crippen molar-refractivity contribution in [3.63, 3.8) is 0 Å². The van der Waals surface area contributed by atoms with Crippen molar-refractivity contribution in [2.45, 2.75) is 19.5 Å². The molecule has 1 aromatic heterocycles. The van der Waals surface area contributed by atoms with E-state index in [9.17, 15) is 4.79 Å². The van der Waals surface area contributed by atoms with Gasteiger partial charge in [0.15, 0.2) is 0 Å². The van der Waals surface area contributed by atoms with Crippen LogP contribution in [0.25, 0.3) is 0 Å². The summed E-state index contributed by atoms with van der Waals surface area (Å²) in [6.45, 7) is 2.22. The lowest BCUT2D eigenvalue weighted by atomic mass is 10.1. The summed E-state index contributed by atoms with van der Waals surface area (Å²) in [5.41, 5.74) is 1.10. The van der Waals surface area contributed by atoms with E-state index in [0.717, 1.165) is 5.56 Å². The van der Waals surface area contributed by atoms with Crippen LogP contribution < -0.4 is 5.32 Å². The molecule has 0 aliphatic heterocycles. The van der Waals surface area contributed by atoms with Gasteiger partial charge in [-0.05, 0) is 18.6 Å². The summed E-state index contributed by atoms with van der Waals surface area (Å²) in [7, 11) is 0. The SMILES string of the molecule is CC(NC(=O)Cn1cccn1)c1ccccc1. The Kier molecular flexibility index (Phi) is 3.55. The number of carbonyl (C=O) groups excluding carboxylic acids is 1. The fourth-order valence-electron chi connectivity index (χ4n) is 1.65. The fourth-order valence-corrected chi connectivity index (χ4v) is 1.65. The molecule has 0 radical (unpaired) electrons. The average molecular weight is 229 g/mol. The first-order chi connectivity index (χ1) is 8.25. The Balaban J connectivity index is 1.91. The first-order valence-corrected chi connectivity index (χ1v) is 5.57. The molecule has 1 aromatic carbocycles. The number of nitrogens with one attached hydrogen (secondary N) is 1. The maximum atomic E-state index is 11.7. The van der Waals surface area contributed by atoms with Crippen LogP contribution in [0.1, 0.15) is 18.5 Å². The highest BCUT2D eigenvalue weighted by atomic mass is 16.2. The van der Waals surface area contributed by atoms with Crippen molar-refractivity contribution in [3.8, 4) is 0 Å². The van der Waals surface area contributed by atoms with Crippen LogP contribution in [-0.4, -0.2) is 15.7 Å². The Morgan fingerprint density at radius 1 is 1.35 bits per heavy atom. The van der Waals surface area contributed by atoms with Crippen LogP contribution in [0, 0.1) is 0 Å². The summed E-state index contributed by atoms with van der Waals surface area (Å²) < 4.78 is 1.60. The van der Waals surface area contributed by atoms with E-state index in [1.165, 1.54) is 0 Å². The van der Waals surface area contributed by atoms with Crippen molar-refractivity contribution >= 4 is 5.91 Å². The lowest BCUT2D eigenvalue weighted by Crippen LogP contribution is -2.30. The minimum Gasteiger partial charge on any atom is -0.348 e. The number of rotatable bonds is 4. The molecule has 4 heteroatoms. The molecule has 0 fully saturated rings. The van der Waals surface area contributed by atoms with Gasteiger partial charge in [-0.1, -0.05) is 30.3 Å². The van der Waals surface area contributed by atoms with Crippen LogP contribution in [0.4, 0.5) is 0 Å². The zero-order chi connectivity index (χ0) is 12.1. The molecule has 2 aromatic rings. The third kappa shape index (κ3) is 3.17. The molecule has 88 valence electrons. The summed E-state index contributed by atoms with van der Waals surface area (Å²) in [6, 6.07) is 11.7. The zero-order valence-corrected chi connectivity index (χ0v) is 9.71. The predicted octanol–water partition coefficient (Wildman–Crippen LogP) is 1.76. The van der Waals surface area contributed by atoms with Gasteiger partial charge in [0.05, 0.1) is 6.04 Å². The number of nitrogens with zero attached hydrogens (tertiary/aromatic N) is 2. The van der Waals surface area contributed by atoms with Crippen molar-refractivity contribution in [2.24, 2.45) is 0 Å². The highest BCUT2D eigenvalue weighted by Gasteiger charge is 2.09. The Morgan fingerprint density at radius 3 is 2.76 bits per heavy atom. The Bertz CT molecular complexity index is 465. The van der Waals surface area contributed by atoms with Gasteiger partial charge in [0.25, 0.3) is 0 Å².